The van der Waals surface area contributed by atoms with E-state index >= 15 is 0 Å². The summed E-state index contributed by atoms with van der Waals surface area (Å²) in [5.74, 6) is 0. The van der Waals surface area contributed by atoms with Crippen molar-refractivity contribution in [3.8, 4) is 0 Å². The lowest BCUT2D eigenvalue weighted by Crippen LogP contribution is -2.38. The van der Waals surface area contributed by atoms with Gasteiger partial charge in [-0.25, -0.2) is 4.57 Å². The summed E-state index contributed by atoms with van der Waals surface area (Å²) in [4.78, 5) is 0. The van der Waals surface area contributed by atoms with Crippen molar-refractivity contribution in [2.45, 2.75) is 23.2 Å². The summed E-state index contributed by atoms with van der Waals surface area (Å²) in [5.41, 5.74) is -1.45. The molecule has 0 N–H and O–H groups in total. The van der Waals surface area contributed by atoms with E-state index in [9.17, 15) is 4.57 Å². The SMILES string of the molecule is CC(C)(O[P@@](=O)(Cl)N=P(c1ccccc1)(c1ccccc1)c1ccccc1)C(Cl)(Cl)Cl. The third-order valence-corrected chi connectivity index (χ3v) is 12.6. The van der Waals surface area contributed by atoms with Crippen LogP contribution >= 0.6 is 60.0 Å². The van der Waals surface area contributed by atoms with Gasteiger partial charge < -0.3 is 0 Å². The van der Waals surface area contributed by atoms with Crippen LogP contribution in [0.2, 0.25) is 0 Å². The maximum atomic E-state index is 13.6. The van der Waals surface area contributed by atoms with Gasteiger partial charge in [-0.15, -0.1) is 0 Å². The Labute approximate surface area is 203 Å². The first kappa shape index (κ1) is 24.9. The molecular formula is C22H21Cl4NO2P2. The molecule has 0 aromatic heterocycles. The third-order valence-electron chi connectivity index (χ3n) is 4.65. The molecule has 0 saturated heterocycles. The minimum atomic E-state index is -4.14. The van der Waals surface area contributed by atoms with Crippen LogP contribution in [-0.4, -0.2) is 9.39 Å². The second kappa shape index (κ2) is 9.62. The number of benzene rings is 3. The van der Waals surface area contributed by atoms with Gasteiger partial charge in [0.1, 0.15) is 5.60 Å². The molecule has 0 radical (unpaired) electrons. The maximum absolute atomic E-state index is 13.6. The Morgan fingerprint density at radius 3 is 1.32 bits per heavy atom. The molecule has 3 aromatic carbocycles. The van der Waals surface area contributed by atoms with Gasteiger partial charge in [0.05, 0.1) is 7.05 Å². The van der Waals surface area contributed by atoms with E-state index < -0.39 is 23.3 Å². The van der Waals surface area contributed by atoms with Crippen LogP contribution in [-0.2, 0) is 9.09 Å². The largest absolute Gasteiger partial charge is 0.406 e. The molecule has 0 unspecified atom stereocenters. The standard InChI is InChI=1S/C22H21Cl4NO2P2/c1-21(2,22(23,24)25)29-31(26,28)27-30(18-12-6-3-7-13-18,19-14-8-4-9-15-19)20-16-10-5-11-17-20/h3-17H,1-2H3/t31-/m0/s1. The van der Waals surface area contributed by atoms with Gasteiger partial charge in [0, 0.05) is 15.9 Å². The van der Waals surface area contributed by atoms with E-state index in [1.165, 1.54) is 13.8 Å². The zero-order valence-electron chi connectivity index (χ0n) is 16.8. The molecular weight excluding hydrogens is 514 g/mol. The quantitative estimate of drug-likeness (QED) is 0.240. The number of rotatable bonds is 6. The van der Waals surface area contributed by atoms with Crippen LogP contribution < -0.4 is 15.9 Å². The fraction of sp³-hybridized carbons (Fsp3) is 0.182. The minimum Gasteiger partial charge on any atom is -0.290 e. The average Bonchev–Trinajstić information content (AvgIpc) is 2.72. The predicted molar refractivity (Wildman–Crippen MR) is 136 cm³/mol. The zero-order chi connectivity index (χ0) is 22.8. The molecule has 3 rings (SSSR count). The molecule has 3 nitrogen and oxygen atoms in total. The Hall–Kier alpha value is -0.760. The molecule has 0 spiro atoms. The van der Waals surface area contributed by atoms with Crippen LogP contribution in [0, 0.1) is 0 Å². The van der Waals surface area contributed by atoms with Gasteiger partial charge in [-0.1, -0.05) is 126 Å². The lowest BCUT2D eigenvalue weighted by Gasteiger charge is -2.34. The van der Waals surface area contributed by atoms with Crippen molar-refractivity contribution in [1.82, 2.24) is 0 Å². The van der Waals surface area contributed by atoms with E-state index in [2.05, 4.69) is 0 Å². The first-order valence-electron chi connectivity index (χ1n) is 9.36. The van der Waals surface area contributed by atoms with Gasteiger partial charge >= 0.3 is 6.87 Å². The van der Waals surface area contributed by atoms with Crippen molar-refractivity contribution in [2.24, 2.45) is 4.52 Å². The fourth-order valence-electron chi connectivity index (χ4n) is 3.05. The van der Waals surface area contributed by atoms with E-state index in [1.807, 2.05) is 91.0 Å². The Morgan fingerprint density at radius 2 is 1.03 bits per heavy atom. The molecule has 0 bridgehead atoms. The highest BCUT2D eigenvalue weighted by molar-refractivity contribution is 7.95. The highest BCUT2D eigenvalue weighted by Crippen LogP contribution is 2.67. The van der Waals surface area contributed by atoms with Crippen LogP contribution in [0.15, 0.2) is 95.5 Å². The number of hydrogen-bond acceptors (Lipinski definition) is 2. The summed E-state index contributed by atoms with van der Waals surface area (Å²) in [6.07, 6.45) is 0. The van der Waals surface area contributed by atoms with E-state index in [0.717, 1.165) is 15.9 Å². The lowest BCUT2D eigenvalue weighted by molar-refractivity contribution is 0.123. The highest BCUT2D eigenvalue weighted by Gasteiger charge is 2.47. The predicted octanol–water partition coefficient (Wildman–Crippen LogP) is 7.68. The summed E-state index contributed by atoms with van der Waals surface area (Å²) in [7, 11) is -2.84. The molecule has 9 heteroatoms. The number of halogens is 4. The van der Waals surface area contributed by atoms with Crippen LogP contribution in [0.4, 0.5) is 0 Å². The van der Waals surface area contributed by atoms with Gasteiger partial charge in [-0.2, -0.15) is 4.52 Å². The summed E-state index contributed by atoms with van der Waals surface area (Å²) < 4.78 is 22.3. The molecule has 31 heavy (non-hydrogen) atoms. The normalized spacial score (nSPS) is 14.6. The van der Waals surface area contributed by atoms with Gasteiger partial charge in [0.2, 0.25) is 3.79 Å². The molecule has 0 aliphatic rings. The Morgan fingerprint density at radius 1 is 0.710 bits per heavy atom. The Bertz CT molecular complexity index is 1020. The monoisotopic (exact) mass is 533 g/mol. The van der Waals surface area contributed by atoms with Gasteiger partial charge in [0.15, 0.2) is 0 Å². The Balaban J connectivity index is 2.37. The van der Waals surface area contributed by atoms with Crippen molar-refractivity contribution in [3.05, 3.63) is 91.0 Å². The Kier molecular flexibility index (Phi) is 7.72. The van der Waals surface area contributed by atoms with Gasteiger partial charge in [0.25, 0.3) is 0 Å². The van der Waals surface area contributed by atoms with E-state index in [1.54, 1.807) is 0 Å². The third kappa shape index (κ3) is 5.60. The topological polar surface area (TPSA) is 38.7 Å². The number of nitrogens with zero attached hydrogens (tertiary/aromatic N) is 1. The summed E-state index contributed by atoms with van der Waals surface area (Å²) >= 11 is 24.6. The molecule has 0 aliphatic carbocycles. The van der Waals surface area contributed by atoms with Crippen LogP contribution in [0.3, 0.4) is 0 Å². The molecule has 0 aliphatic heterocycles. The molecule has 3 aromatic rings. The first-order chi connectivity index (χ1) is 14.5. The molecule has 0 amide bonds. The molecule has 1 atom stereocenters. The summed E-state index contributed by atoms with van der Waals surface area (Å²) in [5, 5.41) is 2.63. The zero-order valence-corrected chi connectivity index (χ0v) is 21.6. The summed E-state index contributed by atoms with van der Waals surface area (Å²) in [6.45, 7) is -1.11. The van der Waals surface area contributed by atoms with Crippen molar-refractivity contribution >= 4 is 75.9 Å². The van der Waals surface area contributed by atoms with Gasteiger partial charge in [-0.3, -0.25) is 4.52 Å². The highest BCUT2D eigenvalue weighted by atomic mass is 35.7. The smallest absolute Gasteiger partial charge is 0.290 e. The minimum absolute atomic E-state index is 0.878. The number of alkyl halides is 3. The second-order valence-electron chi connectivity index (χ2n) is 7.28. The molecule has 0 saturated carbocycles. The lowest BCUT2D eigenvalue weighted by atomic mass is 10.2. The molecule has 164 valence electrons. The first-order valence-corrected chi connectivity index (χ1v) is 14.7. The maximum Gasteiger partial charge on any atom is 0.406 e. The van der Waals surface area contributed by atoms with Crippen LogP contribution in [0.5, 0.6) is 0 Å². The number of hydrogen-bond donors (Lipinski definition) is 0. The molecule has 0 heterocycles. The summed E-state index contributed by atoms with van der Waals surface area (Å²) in [6, 6.07) is 28.9. The van der Waals surface area contributed by atoms with Crippen molar-refractivity contribution in [2.75, 3.05) is 0 Å². The average molecular weight is 535 g/mol. The van der Waals surface area contributed by atoms with Gasteiger partial charge in [-0.05, 0) is 25.1 Å². The van der Waals surface area contributed by atoms with Crippen LogP contribution in [0.1, 0.15) is 13.8 Å². The van der Waals surface area contributed by atoms with Crippen molar-refractivity contribution < 1.29 is 9.09 Å². The van der Waals surface area contributed by atoms with E-state index in [0.29, 0.717) is 0 Å². The fourth-order valence-corrected chi connectivity index (χ4v) is 10.8. The second-order valence-corrected chi connectivity index (χ2v) is 15.5. The van der Waals surface area contributed by atoms with Crippen LogP contribution in [0.25, 0.3) is 0 Å². The van der Waals surface area contributed by atoms with Crippen molar-refractivity contribution in [3.63, 3.8) is 0 Å². The molecule has 0 fully saturated rings. The van der Waals surface area contributed by atoms with Crippen molar-refractivity contribution in [1.29, 1.82) is 0 Å². The van der Waals surface area contributed by atoms with E-state index in [-0.39, 0.29) is 0 Å². The van der Waals surface area contributed by atoms with E-state index in [4.69, 9.17) is 55.1 Å².